The maximum atomic E-state index is 12.7. The second-order valence-electron chi connectivity index (χ2n) is 6.83. The highest BCUT2D eigenvalue weighted by Gasteiger charge is 2.46. The summed E-state index contributed by atoms with van der Waals surface area (Å²) in [4.78, 5) is 30.2. The van der Waals surface area contributed by atoms with Crippen molar-refractivity contribution in [3.63, 3.8) is 0 Å². The molecule has 2 aromatic rings. The first-order valence-corrected chi connectivity index (χ1v) is 10.5. The van der Waals surface area contributed by atoms with Crippen molar-refractivity contribution in [3.8, 4) is 0 Å². The van der Waals surface area contributed by atoms with Crippen LogP contribution >= 0.6 is 0 Å². The van der Waals surface area contributed by atoms with E-state index < -0.39 is 42.7 Å². The second-order valence-corrected chi connectivity index (χ2v) is 8.77. The molecule has 32 heavy (non-hydrogen) atoms. The fourth-order valence-corrected chi connectivity index (χ4v) is 3.94. The van der Waals surface area contributed by atoms with E-state index in [4.69, 9.17) is 0 Å². The summed E-state index contributed by atoms with van der Waals surface area (Å²) in [6, 6.07) is 3.44. The molecular weight excluding hydrogens is 459 g/mol. The standard InChI is InChI=1S/C17H16F3N5O6S/c18-17(19,20)32(30,31)12-3-1-11(2-4-12)23-14-13(25(28)29)15(22-9-21-14)24-7-5-10(6-8-24)16(26)27/h1-4,9-10H,5-8H2,(H,26,27)(H,21,22,23)/p-1. The molecule has 1 aliphatic heterocycles. The number of nitro groups is 1. The second kappa shape index (κ2) is 8.57. The van der Waals surface area contributed by atoms with Gasteiger partial charge in [0.25, 0.3) is 9.84 Å². The summed E-state index contributed by atoms with van der Waals surface area (Å²) in [6.07, 6.45) is 1.46. The minimum Gasteiger partial charge on any atom is -0.550 e. The van der Waals surface area contributed by atoms with Gasteiger partial charge in [0.2, 0.25) is 11.6 Å². The van der Waals surface area contributed by atoms with Crippen molar-refractivity contribution in [2.75, 3.05) is 23.3 Å². The first-order valence-electron chi connectivity index (χ1n) is 9.05. The Morgan fingerprint density at radius 1 is 1.16 bits per heavy atom. The Hall–Kier alpha value is -3.49. The van der Waals surface area contributed by atoms with Gasteiger partial charge in [-0.2, -0.15) is 13.2 Å². The Balaban J connectivity index is 1.87. The number of carbonyl (C=O) groups is 1. The molecule has 11 nitrogen and oxygen atoms in total. The Labute approximate surface area is 179 Å². The number of halogens is 3. The van der Waals surface area contributed by atoms with Crippen LogP contribution in [0, 0.1) is 16.0 Å². The minimum absolute atomic E-state index is 0.0505. The van der Waals surface area contributed by atoms with Gasteiger partial charge in [0.1, 0.15) is 6.33 Å². The fraction of sp³-hybridized carbons (Fsp3) is 0.353. The molecule has 1 fully saturated rings. The van der Waals surface area contributed by atoms with E-state index in [-0.39, 0.29) is 43.3 Å². The first-order chi connectivity index (χ1) is 14.9. The quantitative estimate of drug-likeness (QED) is 0.479. The molecule has 1 aromatic heterocycles. The lowest BCUT2D eigenvalue weighted by atomic mass is 9.97. The van der Waals surface area contributed by atoms with Crippen molar-refractivity contribution < 1.29 is 36.4 Å². The number of nitrogens with one attached hydrogen (secondary N) is 1. The molecule has 2 heterocycles. The number of nitrogens with zero attached hydrogens (tertiary/aromatic N) is 4. The number of alkyl halides is 3. The number of hydrogen-bond acceptors (Lipinski definition) is 10. The van der Waals surface area contributed by atoms with Gasteiger partial charge in [0.15, 0.2) is 0 Å². The highest BCUT2D eigenvalue weighted by atomic mass is 32.2. The molecule has 15 heteroatoms. The minimum atomic E-state index is -5.53. The number of aliphatic carboxylic acids is 1. The lowest BCUT2D eigenvalue weighted by Crippen LogP contribution is -2.41. The average Bonchev–Trinajstić information content (AvgIpc) is 2.73. The van der Waals surface area contributed by atoms with Crippen molar-refractivity contribution >= 4 is 38.8 Å². The van der Waals surface area contributed by atoms with Crippen molar-refractivity contribution in [2.24, 2.45) is 5.92 Å². The van der Waals surface area contributed by atoms with Gasteiger partial charge in [0.05, 0.1) is 9.82 Å². The predicted octanol–water partition coefficient (Wildman–Crippen LogP) is 1.39. The van der Waals surface area contributed by atoms with Gasteiger partial charge < -0.3 is 20.1 Å². The third-order valence-corrected chi connectivity index (χ3v) is 6.35. The number of benzene rings is 1. The molecule has 1 saturated heterocycles. The topological polar surface area (TPSA) is 158 Å². The SMILES string of the molecule is O=C([O-])C1CCN(c2ncnc(Nc3ccc(S(=O)(=O)C(F)(F)F)cc3)c2[N+](=O)[O-])CC1. The smallest absolute Gasteiger partial charge is 0.501 e. The molecule has 3 rings (SSSR count). The number of carboxylic acid groups (broad SMARTS) is 1. The number of piperidine rings is 1. The number of carboxylic acids is 1. The third kappa shape index (κ3) is 4.56. The molecule has 0 atom stereocenters. The summed E-state index contributed by atoms with van der Waals surface area (Å²) in [7, 11) is -5.53. The summed E-state index contributed by atoms with van der Waals surface area (Å²) in [6.45, 7) is 0.361. The van der Waals surface area contributed by atoms with Gasteiger partial charge in [-0.3, -0.25) is 10.1 Å². The first kappa shape index (κ1) is 23.2. The van der Waals surface area contributed by atoms with Crippen molar-refractivity contribution in [1.82, 2.24) is 9.97 Å². The molecule has 0 radical (unpaired) electrons. The molecule has 1 aromatic carbocycles. The maximum absolute atomic E-state index is 12.7. The Morgan fingerprint density at radius 2 is 1.75 bits per heavy atom. The molecule has 0 aliphatic carbocycles. The van der Waals surface area contributed by atoms with Crippen LogP contribution in [0.15, 0.2) is 35.5 Å². The summed E-state index contributed by atoms with van der Waals surface area (Å²) < 4.78 is 60.9. The van der Waals surface area contributed by atoms with Crippen LogP contribution in [-0.4, -0.2) is 47.9 Å². The van der Waals surface area contributed by atoms with Gasteiger partial charge in [-0.1, -0.05) is 0 Å². The molecule has 0 spiro atoms. The van der Waals surface area contributed by atoms with Crippen LogP contribution in [0.25, 0.3) is 0 Å². The van der Waals surface area contributed by atoms with Gasteiger partial charge >= 0.3 is 11.2 Å². The largest absolute Gasteiger partial charge is 0.550 e. The molecular formula is C17H15F3N5O6S-. The van der Waals surface area contributed by atoms with Gasteiger partial charge in [-0.25, -0.2) is 18.4 Å². The molecule has 172 valence electrons. The summed E-state index contributed by atoms with van der Waals surface area (Å²) >= 11 is 0. The monoisotopic (exact) mass is 474 g/mol. The average molecular weight is 474 g/mol. The van der Waals surface area contributed by atoms with E-state index in [0.717, 1.165) is 18.5 Å². The highest BCUT2D eigenvalue weighted by Crippen LogP contribution is 2.36. The van der Waals surface area contributed by atoms with E-state index in [1.165, 1.54) is 4.90 Å². The Bertz CT molecular complexity index is 1130. The normalized spacial score (nSPS) is 15.4. The lowest BCUT2D eigenvalue weighted by Gasteiger charge is -2.32. The van der Waals surface area contributed by atoms with Gasteiger partial charge in [-0.15, -0.1) is 0 Å². The van der Waals surface area contributed by atoms with E-state index >= 15 is 0 Å². The van der Waals surface area contributed by atoms with E-state index in [9.17, 15) is 41.6 Å². The number of anilines is 3. The predicted molar refractivity (Wildman–Crippen MR) is 102 cm³/mol. The zero-order valence-corrected chi connectivity index (χ0v) is 16.9. The molecule has 0 unspecified atom stereocenters. The van der Waals surface area contributed by atoms with Crippen LogP contribution in [0.2, 0.25) is 0 Å². The van der Waals surface area contributed by atoms with Crippen LogP contribution < -0.4 is 15.3 Å². The van der Waals surface area contributed by atoms with E-state index in [1.807, 2.05) is 0 Å². The summed E-state index contributed by atoms with van der Waals surface area (Å²) in [5.74, 6) is -2.19. The van der Waals surface area contributed by atoms with Gasteiger partial charge in [0, 0.05) is 30.7 Å². The van der Waals surface area contributed by atoms with Gasteiger partial charge in [-0.05, 0) is 37.1 Å². The van der Waals surface area contributed by atoms with Crippen molar-refractivity contribution in [2.45, 2.75) is 23.2 Å². The maximum Gasteiger partial charge on any atom is 0.501 e. The third-order valence-electron chi connectivity index (χ3n) is 4.85. The van der Waals surface area contributed by atoms with Crippen molar-refractivity contribution in [3.05, 3.63) is 40.7 Å². The van der Waals surface area contributed by atoms with E-state index in [1.54, 1.807) is 0 Å². The van der Waals surface area contributed by atoms with E-state index in [0.29, 0.717) is 12.1 Å². The number of hydrogen-bond donors (Lipinski definition) is 1. The highest BCUT2D eigenvalue weighted by molar-refractivity contribution is 7.92. The van der Waals surface area contributed by atoms with Crippen LogP contribution in [0.4, 0.5) is 36.2 Å². The number of carbonyl (C=O) groups excluding carboxylic acids is 1. The van der Waals surface area contributed by atoms with Crippen LogP contribution in [0.3, 0.4) is 0 Å². The van der Waals surface area contributed by atoms with Crippen LogP contribution in [-0.2, 0) is 14.6 Å². The number of sulfone groups is 1. The van der Waals surface area contributed by atoms with Crippen LogP contribution in [0.5, 0.6) is 0 Å². The molecule has 1 aliphatic rings. The zero-order valence-electron chi connectivity index (χ0n) is 16.1. The Kier molecular flexibility index (Phi) is 6.20. The molecule has 0 amide bonds. The molecule has 0 saturated carbocycles. The number of aromatic nitrogens is 2. The summed E-state index contributed by atoms with van der Waals surface area (Å²) in [5, 5.41) is 25.3. The number of rotatable bonds is 6. The summed E-state index contributed by atoms with van der Waals surface area (Å²) in [5.41, 5.74) is -5.94. The zero-order chi connectivity index (χ0) is 23.7. The Morgan fingerprint density at radius 3 is 2.25 bits per heavy atom. The molecule has 1 N–H and O–H groups in total. The van der Waals surface area contributed by atoms with Crippen LogP contribution in [0.1, 0.15) is 12.8 Å². The fourth-order valence-electron chi connectivity index (χ4n) is 3.18. The molecule has 0 bridgehead atoms. The van der Waals surface area contributed by atoms with E-state index in [2.05, 4.69) is 15.3 Å². The lowest BCUT2D eigenvalue weighted by molar-refractivity contribution is -0.383. The van der Waals surface area contributed by atoms with Crippen molar-refractivity contribution in [1.29, 1.82) is 0 Å².